The first-order chi connectivity index (χ1) is 13.0. The molecule has 2 aromatic rings. The highest BCUT2D eigenvalue weighted by Crippen LogP contribution is 2.20. The molecule has 0 aliphatic heterocycles. The molecule has 1 atom stereocenters. The number of halogens is 1. The Kier molecular flexibility index (Phi) is 8.64. The summed E-state index contributed by atoms with van der Waals surface area (Å²) in [5.74, 6) is 0.557. The van der Waals surface area contributed by atoms with Crippen molar-refractivity contribution in [1.82, 2.24) is 14.7 Å². The van der Waals surface area contributed by atoms with Crippen LogP contribution in [0.2, 0.25) is 0 Å². The quantitative estimate of drug-likeness (QED) is 0.623. The molecule has 0 saturated carbocycles. The molecule has 1 aromatic carbocycles. The van der Waals surface area contributed by atoms with E-state index in [1.54, 1.807) is 12.1 Å². The fourth-order valence-electron chi connectivity index (χ4n) is 2.57. The second-order valence-electron chi connectivity index (χ2n) is 6.76. The van der Waals surface area contributed by atoms with Crippen LogP contribution in [0.3, 0.4) is 0 Å². The molecule has 1 heterocycles. The van der Waals surface area contributed by atoms with Crippen LogP contribution >= 0.6 is 11.5 Å². The van der Waals surface area contributed by atoms with E-state index in [1.165, 1.54) is 23.7 Å². The van der Waals surface area contributed by atoms with E-state index < -0.39 is 0 Å². The average molecular weight is 393 g/mol. The number of aromatic nitrogens is 2. The highest BCUT2D eigenvalue weighted by atomic mass is 32.1. The van der Waals surface area contributed by atoms with E-state index in [1.807, 2.05) is 6.92 Å². The molecular weight excluding hydrogens is 363 g/mol. The van der Waals surface area contributed by atoms with Crippen molar-refractivity contribution in [1.29, 1.82) is 0 Å². The number of nitrogens with one attached hydrogen (secondary N) is 1. The molecule has 0 aliphatic rings. The topological polar surface area (TPSA) is 58.1 Å². The number of carbonyl (C=O) groups is 1. The molecule has 148 valence electrons. The number of benzene rings is 1. The van der Waals surface area contributed by atoms with Crippen LogP contribution in [-0.4, -0.2) is 34.4 Å². The summed E-state index contributed by atoms with van der Waals surface area (Å²) in [6, 6.07) is 6.61. The van der Waals surface area contributed by atoms with Gasteiger partial charge in [-0.3, -0.25) is 4.79 Å². The van der Waals surface area contributed by atoms with Crippen LogP contribution in [0.5, 0.6) is 0 Å². The Labute approximate surface area is 165 Å². The Morgan fingerprint density at radius 3 is 2.67 bits per heavy atom. The van der Waals surface area contributed by atoms with Gasteiger partial charge in [0.1, 0.15) is 11.6 Å². The zero-order chi connectivity index (χ0) is 19.6. The van der Waals surface area contributed by atoms with Crippen molar-refractivity contribution in [2.45, 2.75) is 58.9 Å². The lowest BCUT2D eigenvalue weighted by atomic mass is 10.1. The summed E-state index contributed by atoms with van der Waals surface area (Å²) in [4.78, 5) is 18.9. The fourth-order valence-corrected chi connectivity index (χ4v) is 3.30. The predicted octanol–water partition coefficient (Wildman–Crippen LogP) is 4.18. The number of hydrogen-bond acceptors (Lipinski definition) is 5. The van der Waals surface area contributed by atoms with Gasteiger partial charge >= 0.3 is 0 Å². The number of amides is 1. The Bertz CT molecular complexity index is 704. The molecule has 1 unspecified atom stereocenters. The Morgan fingerprint density at radius 2 is 2.00 bits per heavy atom. The molecule has 7 heteroatoms. The maximum absolute atomic E-state index is 13.0. The van der Waals surface area contributed by atoms with E-state index >= 15 is 0 Å². The molecule has 1 amide bonds. The number of anilines is 1. The normalized spacial score (nSPS) is 12.0. The minimum Gasteiger partial charge on any atom is -0.354 e. The number of carbonyl (C=O) groups excluding carboxylic acids is 1. The van der Waals surface area contributed by atoms with Gasteiger partial charge in [-0.2, -0.15) is 4.37 Å². The van der Waals surface area contributed by atoms with Crippen LogP contribution in [0.15, 0.2) is 24.3 Å². The van der Waals surface area contributed by atoms with Gasteiger partial charge in [-0.25, -0.2) is 9.37 Å². The van der Waals surface area contributed by atoms with Crippen LogP contribution < -0.4 is 10.2 Å². The minimum absolute atomic E-state index is 0.0712. The highest BCUT2D eigenvalue weighted by molar-refractivity contribution is 7.09. The van der Waals surface area contributed by atoms with E-state index in [9.17, 15) is 9.18 Å². The van der Waals surface area contributed by atoms with Crippen molar-refractivity contribution in [3.63, 3.8) is 0 Å². The first-order valence-corrected chi connectivity index (χ1v) is 10.4. The van der Waals surface area contributed by atoms with E-state index in [0.717, 1.165) is 42.3 Å². The molecule has 0 spiro atoms. The zero-order valence-corrected chi connectivity index (χ0v) is 17.2. The third-order valence-corrected chi connectivity index (χ3v) is 5.23. The molecule has 0 aliphatic carbocycles. The summed E-state index contributed by atoms with van der Waals surface area (Å²) in [6.45, 7) is 7.71. The molecule has 0 radical (unpaired) electrons. The average Bonchev–Trinajstić information content (AvgIpc) is 3.12. The predicted molar refractivity (Wildman–Crippen MR) is 109 cm³/mol. The molecule has 1 aromatic heterocycles. The third-order valence-electron chi connectivity index (χ3n) is 4.41. The van der Waals surface area contributed by atoms with Crippen LogP contribution in [0.1, 0.15) is 57.8 Å². The van der Waals surface area contributed by atoms with Crippen molar-refractivity contribution in [3.05, 3.63) is 41.5 Å². The molecule has 27 heavy (non-hydrogen) atoms. The van der Waals surface area contributed by atoms with E-state index in [0.29, 0.717) is 19.4 Å². The highest BCUT2D eigenvalue weighted by Gasteiger charge is 2.15. The minimum atomic E-state index is -0.243. The van der Waals surface area contributed by atoms with Crippen LogP contribution in [-0.2, 0) is 11.2 Å². The van der Waals surface area contributed by atoms with Gasteiger partial charge in [0.25, 0.3) is 0 Å². The lowest BCUT2D eigenvalue weighted by Crippen LogP contribution is -2.35. The van der Waals surface area contributed by atoms with Crippen molar-refractivity contribution >= 4 is 22.6 Å². The fraction of sp³-hybridized carbons (Fsp3) is 0.550. The summed E-state index contributed by atoms with van der Waals surface area (Å²) in [5, 5.41) is 3.85. The molecular formula is C20H29FN4OS. The Balaban J connectivity index is 1.97. The lowest BCUT2D eigenvalue weighted by Gasteiger charge is -2.21. The van der Waals surface area contributed by atoms with Crippen molar-refractivity contribution in [2.75, 3.05) is 18.0 Å². The summed E-state index contributed by atoms with van der Waals surface area (Å²) < 4.78 is 17.5. The van der Waals surface area contributed by atoms with Crippen LogP contribution in [0.4, 0.5) is 9.52 Å². The number of nitrogens with zero attached hydrogens (tertiary/aromatic N) is 3. The second-order valence-corrected chi connectivity index (χ2v) is 7.49. The van der Waals surface area contributed by atoms with Crippen molar-refractivity contribution in [3.8, 4) is 0 Å². The Morgan fingerprint density at radius 1 is 1.26 bits per heavy atom. The molecule has 2 rings (SSSR count). The van der Waals surface area contributed by atoms with Gasteiger partial charge in [0.05, 0.1) is 0 Å². The summed E-state index contributed by atoms with van der Waals surface area (Å²) >= 11 is 1.36. The summed E-state index contributed by atoms with van der Waals surface area (Å²) in [6.07, 6.45) is 4.07. The maximum atomic E-state index is 13.0. The number of rotatable bonds is 11. The summed E-state index contributed by atoms with van der Waals surface area (Å²) in [7, 11) is 0. The Hall–Kier alpha value is -2.02. The maximum Gasteiger partial charge on any atom is 0.221 e. The third kappa shape index (κ3) is 7.25. The van der Waals surface area contributed by atoms with Gasteiger partial charge in [-0.1, -0.05) is 32.4 Å². The number of hydrogen-bond donors (Lipinski definition) is 1. The largest absolute Gasteiger partial charge is 0.354 e. The molecule has 1 N–H and O–H groups in total. The smallest absolute Gasteiger partial charge is 0.221 e. The first kappa shape index (κ1) is 21.3. The first-order valence-electron chi connectivity index (χ1n) is 9.63. The van der Waals surface area contributed by atoms with Gasteiger partial charge < -0.3 is 10.2 Å². The van der Waals surface area contributed by atoms with Gasteiger partial charge in [-0.15, -0.1) is 0 Å². The molecule has 5 nitrogen and oxygen atoms in total. The monoisotopic (exact) mass is 392 g/mol. The van der Waals surface area contributed by atoms with Gasteiger partial charge in [0.2, 0.25) is 11.0 Å². The van der Waals surface area contributed by atoms with Crippen molar-refractivity contribution in [2.24, 2.45) is 0 Å². The number of unbranched alkanes of at least 4 members (excludes halogenated alkanes) is 1. The van der Waals surface area contributed by atoms with E-state index in [-0.39, 0.29) is 17.8 Å². The molecule has 0 saturated heterocycles. The van der Waals surface area contributed by atoms with E-state index in [2.05, 4.69) is 33.4 Å². The van der Waals surface area contributed by atoms with Gasteiger partial charge in [-0.05, 0) is 37.5 Å². The zero-order valence-electron chi connectivity index (χ0n) is 16.4. The van der Waals surface area contributed by atoms with E-state index in [4.69, 9.17) is 0 Å². The van der Waals surface area contributed by atoms with Crippen LogP contribution in [0, 0.1) is 5.82 Å². The van der Waals surface area contributed by atoms with Gasteiger partial charge in [0, 0.05) is 43.5 Å². The summed E-state index contributed by atoms with van der Waals surface area (Å²) in [5.41, 5.74) is 0.980. The lowest BCUT2D eigenvalue weighted by molar-refractivity contribution is -0.121. The molecule has 0 bridgehead atoms. The second kappa shape index (κ2) is 11.0. The standard InChI is InChI=1S/C20H29FN4OS/c1-4-6-12-25(13-11-19(26)22-15(3)5-2)20-23-18(24-27-20)14-16-7-9-17(21)10-8-16/h7-10,15H,4-6,11-14H2,1-3H3,(H,22,26). The van der Waals surface area contributed by atoms with Crippen molar-refractivity contribution < 1.29 is 9.18 Å². The molecule has 0 fully saturated rings. The van der Waals surface area contributed by atoms with Gasteiger partial charge in [0.15, 0.2) is 0 Å². The van der Waals surface area contributed by atoms with Crippen LogP contribution in [0.25, 0.3) is 0 Å². The SMILES string of the molecule is CCCCN(CCC(=O)NC(C)CC)c1nc(Cc2ccc(F)cc2)ns1.